The Balaban J connectivity index is 2.93. The lowest BCUT2D eigenvalue weighted by atomic mass is 9.95. The van der Waals surface area contributed by atoms with Crippen molar-refractivity contribution in [1.82, 2.24) is 5.32 Å². The molecule has 0 atom stereocenters. The lowest BCUT2D eigenvalue weighted by Crippen LogP contribution is -2.31. The lowest BCUT2D eigenvalue weighted by Gasteiger charge is -2.30. The van der Waals surface area contributed by atoms with E-state index in [2.05, 4.69) is 64.0 Å². The summed E-state index contributed by atoms with van der Waals surface area (Å²) >= 11 is 6.15. The number of hydrogen-bond donors (Lipinski definition) is 1. The van der Waals surface area contributed by atoms with Crippen molar-refractivity contribution >= 4 is 17.3 Å². The molecular weight excluding hydrogens is 256 g/mol. The van der Waals surface area contributed by atoms with E-state index < -0.39 is 0 Å². The van der Waals surface area contributed by atoms with Crippen molar-refractivity contribution in [2.45, 2.75) is 47.2 Å². The van der Waals surface area contributed by atoms with E-state index >= 15 is 0 Å². The molecule has 0 aromatic heterocycles. The topological polar surface area (TPSA) is 15.3 Å². The smallest absolute Gasteiger partial charge is 0.0426 e. The maximum absolute atomic E-state index is 6.15. The molecule has 0 fully saturated rings. The Bertz CT molecular complexity index is 408. The molecule has 3 heteroatoms. The average molecular weight is 283 g/mol. The molecule has 1 rings (SSSR count). The Kier molecular flexibility index (Phi) is 5.69. The second kappa shape index (κ2) is 6.62. The number of rotatable bonds is 5. The first-order chi connectivity index (χ1) is 8.69. The van der Waals surface area contributed by atoms with Crippen LogP contribution in [0.2, 0.25) is 5.02 Å². The van der Waals surface area contributed by atoms with Gasteiger partial charge in [0.15, 0.2) is 0 Å². The van der Waals surface area contributed by atoms with Gasteiger partial charge in [-0.1, -0.05) is 52.3 Å². The molecule has 0 radical (unpaired) electrons. The fourth-order valence-corrected chi connectivity index (χ4v) is 2.32. The van der Waals surface area contributed by atoms with Gasteiger partial charge in [0.05, 0.1) is 0 Å². The zero-order chi connectivity index (χ0) is 14.6. The monoisotopic (exact) mass is 282 g/mol. The van der Waals surface area contributed by atoms with Crippen molar-refractivity contribution < 1.29 is 0 Å². The molecule has 0 spiro atoms. The van der Waals surface area contributed by atoms with Crippen LogP contribution in [0.1, 0.15) is 40.2 Å². The molecule has 0 aliphatic rings. The van der Waals surface area contributed by atoms with Gasteiger partial charge >= 0.3 is 0 Å². The standard InChI is InChI=1S/C16H27ClN2/c1-12(2)18-10-13-7-8-14(17)9-15(13)19(6)11-16(3,4)5/h7-9,12,18H,10-11H2,1-6H3. The molecule has 0 saturated heterocycles. The zero-order valence-electron chi connectivity index (χ0n) is 13.0. The van der Waals surface area contributed by atoms with E-state index in [4.69, 9.17) is 11.6 Å². The van der Waals surface area contributed by atoms with Crippen molar-refractivity contribution in [3.8, 4) is 0 Å². The average Bonchev–Trinajstić information content (AvgIpc) is 2.24. The number of halogens is 1. The van der Waals surface area contributed by atoms with Gasteiger partial charge in [-0.15, -0.1) is 0 Å². The van der Waals surface area contributed by atoms with Crippen LogP contribution in [0, 0.1) is 5.41 Å². The molecule has 0 amide bonds. The van der Waals surface area contributed by atoms with E-state index in [1.165, 1.54) is 11.3 Å². The van der Waals surface area contributed by atoms with Gasteiger partial charge in [0, 0.05) is 36.9 Å². The third-order valence-electron chi connectivity index (χ3n) is 2.87. The van der Waals surface area contributed by atoms with E-state index in [-0.39, 0.29) is 5.41 Å². The summed E-state index contributed by atoms with van der Waals surface area (Å²) in [6, 6.07) is 6.63. The fourth-order valence-electron chi connectivity index (χ4n) is 2.15. The minimum atomic E-state index is 0.264. The Hall–Kier alpha value is -0.730. The normalized spacial score (nSPS) is 12.0. The van der Waals surface area contributed by atoms with Gasteiger partial charge in [0.1, 0.15) is 0 Å². The van der Waals surface area contributed by atoms with Gasteiger partial charge in [0.25, 0.3) is 0 Å². The fraction of sp³-hybridized carbons (Fsp3) is 0.625. The summed E-state index contributed by atoms with van der Waals surface area (Å²) in [4.78, 5) is 2.29. The van der Waals surface area contributed by atoms with Gasteiger partial charge in [-0.2, -0.15) is 0 Å². The molecule has 0 aliphatic carbocycles. The first kappa shape index (κ1) is 16.3. The molecule has 0 heterocycles. The highest BCUT2D eigenvalue weighted by atomic mass is 35.5. The summed E-state index contributed by atoms with van der Waals surface area (Å²) in [6.07, 6.45) is 0. The molecule has 0 unspecified atom stereocenters. The number of benzene rings is 1. The van der Waals surface area contributed by atoms with E-state index in [1.54, 1.807) is 0 Å². The van der Waals surface area contributed by atoms with Crippen LogP contribution in [0.3, 0.4) is 0 Å². The van der Waals surface area contributed by atoms with Crippen LogP contribution in [-0.2, 0) is 6.54 Å². The highest BCUT2D eigenvalue weighted by Gasteiger charge is 2.16. The Morgan fingerprint density at radius 3 is 2.42 bits per heavy atom. The highest BCUT2D eigenvalue weighted by molar-refractivity contribution is 6.30. The summed E-state index contributed by atoms with van der Waals surface area (Å²) in [7, 11) is 2.13. The van der Waals surface area contributed by atoms with E-state index in [9.17, 15) is 0 Å². The largest absolute Gasteiger partial charge is 0.374 e. The third-order valence-corrected chi connectivity index (χ3v) is 3.11. The summed E-state index contributed by atoms with van der Waals surface area (Å²) in [5, 5.41) is 4.27. The minimum Gasteiger partial charge on any atom is -0.374 e. The van der Waals surface area contributed by atoms with Crippen LogP contribution in [0.15, 0.2) is 18.2 Å². The van der Waals surface area contributed by atoms with Crippen LogP contribution >= 0.6 is 11.6 Å². The SMILES string of the molecule is CC(C)NCc1ccc(Cl)cc1N(C)CC(C)(C)C. The molecule has 0 aliphatic heterocycles. The molecule has 2 nitrogen and oxygen atoms in total. The van der Waals surface area contributed by atoms with Crippen LogP contribution in [0.25, 0.3) is 0 Å². The molecule has 108 valence electrons. The van der Waals surface area contributed by atoms with Crippen molar-refractivity contribution in [2.75, 3.05) is 18.5 Å². The summed E-state index contributed by atoms with van der Waals surface area (Å²) in [6.45, 7) is 12.9. The van der Waals surface area contributed by atoms with Crippen LogP contribution < -0.4 is 10.2 Å². The molecule has 1 aromatic rings. The van der Waals surface area contributed by atoms with Gasteiger partial charge in [0.2, 0.25) is 0 Å². The maximum Gasteiger partial charge on any atom is 0.0426 e. The Morgan fingerprint density at radius 2 is 1.89 bits per heavy atom. The Labute approximate surface area is 123 Å². The van der Waals surface area contributed by atoms with Crippen LogP contribution in [-0.4, -0.2) is 19.6 Å². The van der Waals surface area contributed by atoms with Crippen molar-refractivity contribution in [3.63, 3.8) is 0 Å². The number of nitrogens with zero attached hydrogens (tertiary/aromatic N) is 1. The second-order valence-electron chi connectivity index (χ2n) is 6.73. The summed E-state index contributed by atoms with van der Waals surface area (Å²) in [5.41, 5.74) is 2.78. The van der Waals surface area contributed by atoms with Crippen molar-refractivity contribution in [3.05, 3.63) is 28.8 Å². The van der Waals surface area contributed by atoms with Crippen LogP contribution in [0.5, 0.6) is 0 Å². The maximum atomic E-state index is 6.15. The number of hydrogen-bond acceptors (Lipinski definition) is 2. The van der Waals surface area contributed by atoms with E-state index in [0.717, 1.165) is 18.1 Å². The van der Waals surface area contributed by atoms with Gasteiger partial charge in [-0.3, -0.25) is 0 Å². The number of anilines is 1. The van der Waals surface area contributed by atoms with Crippen molar-refractivity contribution in [1.29, 1.82) is 0 Å². The Morgan fingerprint density at radius 1 is 1.26 bits per heavy atom. The quantitative estimate of drug-likeness (QED) is 0.865. The molecule has 0 saturated carbocycles. The summed E-state index contributed by atoms with van der Waals surface area (Å²) < 4.78 is 0. The third kappa shape index (κ3) is 5.84. The first-order valence-corrected chi connectivity index (χ1v) is 7.30. The predicted octanol–water partition coefficient (Wildman–Crippen LogP) is 4.32. The van der Waals surface area contributed by atoms with Gasteiger partial charge in [-0.05, 0) is 23.1 Å². The first-order valence-electron chi connectivity index (χ1n) is 6.92. The second-order valence-corrected chi connectivity index (χ2v) is 7.16. The van der Waals surface area contributed by atoms with Gasteiger partial charge in [-0.25, -0.2) is 0 Å². The molecule has 19 heavy (non-hydrogen) atoms. The molecule has 1 aromatic carbocycles. The lowest BCUT2D eigenvalue weighted by molar-refractivity contribution is 0.418. The van der Waals surface area contributed by atoms with Crippen LogP contribution in [0.4, 0.5) is 5.69 Å². The van der Waals surface area contributed by atoms with Crippen molar-refractivity contribution in [2.24, 2.45) is 5.41 Å². The predicted molar refractivity (Wildman–Crippen MR) is 86.2 cm³/mol. The zero-order valence-corrected chi connectivity index (χ0v) is 13.8. The number of nitrogens with one attached hydrogen (secondary N) is 1. The van der Waals surface area contributed by atoms with Gasteiger partial charge < -0.3 is 10.2 Å². The van der Waals surface area contributed by atoms with E-state index in [0.29, 0.717) is 6.04 Å². The molecule has 0 bridgehead atoms. The highest BCUT2D eigenvalue weighted by Crippen LogP contribution is 2.27. The molecule has 1 N–H and O–H groups in total. The minimum absolute atomic E-state index is 0.264. The van der Waals surface area contributed by atoms with E-state index in [1.807, 2.05) is 6.07 Å². The molecular formula is C16H27ClN2. The summed E-state index contributed by atoms with van der Waals surface area (Å²) in [5.74, 6) is 0.